The van der Waals surface area contributed by atoms with Gasteiger partial charge in [0, 0.05) is 38.5 Å². The van der Waals surface area contributed by atoms with Crippen molar-refractivity contribution in [2.24, 2.45) is 0 Å². The number of nitrogens with one attached hydrogen (secondary N) is 1. The minimum atomic E-state index is 1.00. The van der Waals surface area contributed by atoms with Gasteiger partial charge in [-0.05, 0) is 80.6 Å². The molecule has 0 aliphatic rings. The van der Waals surface area contributed by atoms with E-state index < -0.39 is 0 Å². The Morgan fingerprint density at radius 3 is 2.00 bits per heavy atom. The first kappa shape index (κ1) is 30.2. The van der Waals surface area contributed by atoms with Crippen molar-refractivity contribution in [3.05, 3.63) is 67.7 Å². The van der Waals surface area contributed by atoms with E-state index in [1.54, 1.807) is 22.7 Å². The SMILES string of the molecule is CCCCCCCCCCCCc1ccc(-c2nc(-c3ccc(Br)s3)c3c2cc(-c2ccc(Br)s2)c2ns[nH]c23)cc1. The summed E-state index contributed by atoms with van der Waals surface area (Å²) < 4.78 is 10.5. The molecule has 0 spiro atoms. The van der Waals surface area contributed by atoms with Crippen LogP contribution < -0.4 is 0 Å². The number of thiophene rings is 2. The molecular weight excluding hydrogens is 706 g/mol. The summed E-state index contributed by atoms with van der Waals surface area (Å²) in [4.78, 5) is 7.67. The molecule has 3 nitrogen and oxygen atoms in total. The third-order valence-corrected chi connectivity index (χ3v) is 11.8. The fourth-order valence-electron chi connectivity index (χ4n) is 5.77. The Labute approximate surface area is 277 Å². The first-order chi connectivity index (χ1) is 20.6. The molecular formula is C34H35Br2N3S3. The Morgan fingerprint density at radius 1 is 0.714 bits per heavy atom. The number of nitrogens with zero attached hydrogens (tertiary/aromatic N) is 2. The normalized spacial score (nSPS) is 11.8. The highest BCUT2D eigenvalue weighted by Crippen LogP contribution is 2.46. The van der Waals surface area contributed by atoms with Crippen LogP contribution in [-0.4, -0.2) is 13.7 Å². The van der Waals surface area contributed by atoms with E-state index in [1.807, 2.05) is 0 Å². The van der Waals surface area contributed by atoms with Crippen molar-refractivity contribution in [2.75, 3.05) is 0 Å². The number of benzene rings is 2. The quantitative estimate of drug-likeness (QED) is 0.113. The van der Waals surface area contributed by atoms with Gasteiger partial charge in [0.15, 0.2) is 0 Å². The lowest BCUT2D eigenvalue weighted by atomic mass is 9.99. The van der Waals surface area contributed by atoms with E-state index in [-0.39, 0.29) is 0 Å². The number of fused-ring (bicyclic) bond motifs is 3. The summed E-state index contributed by atoms with van der Waals surface area (Å²) >= 11 is 12.2. The summed E-state index contributed by atoms with van der Waals surface area (Å²) in [5.41, 5.74) is 7.85. The fourth-order valence-corrected chi connectivity index (χ4v) is 9.18. The zero-order valence-corrected chi connectivity index (χ0v) is 29.5. The van der Waals surface area contributed by atoms with Gasteiger partial charge in [-0.2, -0.15) is 4.37 Å². The molecule has 0 saturated heterocycles. The number of hydrogen-bond acceptors (Lipinski definition) is 5. The van der Waals surface area contributed by atoms with E-state index >= 15 is 0 Å². The molecule has 8 heteroatoms. The smallest absolute Gasteiger partial charge is 0.111 e. The number of H-pyrrole nitrogens is 1. The number of unbranched alkanes of at least 4 members (excludes halogenated alkanes) is 9. The largest absolute Gasteiger partial charge is 0.293 e. The second kappa shape index (κ2) is 14.3. The molecule has 0 unspecified atom stereocenters. The topological polar surface area (TPSA) is 41.6 Å². The first-order valence-electron chi connectivity index (χ1n) is 15.0. The molecule has 0 fully saturated rings. The first-order valence-corrected chi connectivity index (χ1v) is 19.0. The Balaban J connectivity index is 1.24. The van der Waals surface area contributed by atoms with Gasteiger partial charge in [0.05, 0.1) is 29.4 Å². The molecule has 4 aromatic heterocycles. The van der Waals surface area contributed by atoms with Crippen LogP contribution in [0.2, 0.25) is 0 Å². The van der Waals surface area contributed by atoms with Crippen molar-refractivity contribution in [1.82, 2.24) is 13.7 Å². The second-order valence-electron chi connectivity index (χ2n) is 11.0. The van der Waals surface area contributed by atoms with Crippen LogP contribution in [0.25, 0.3) is 54.1 Å². The van der Waals surface area contributed by atoms with Gasteiger partial charge in [-0.1, -0.05) is 89.0 Å². The zero-order chi connectivity index (χ0) is 28.9. The predicted octanol–water partition coefficient (Wildman–Crippen LogP) is 13.3. The maximum Gasteiger partial charge on any atom is 0.111 e. The monoisotopic (exact) mass is 739 g/mol. The number of halogens is 2. The third kappa shape index (κ3) is 6.78. The molecule has 0 aliphatic heterocycles. The third-order valence-electron chi connectivity index (χ3n) is 7.99. The minimum absolute atomic E-state index is 1.00. The van der Waals surface area contributed by atoms with Crippen LogP contribution in [0.4, 0.5) is 0 Å². The zero-order valence-electron chi connectivity index (χ0n) is 23.8. The van der Waals surface area contributed by atoms with Crippen LogP contribution in [0.3, 0.4) is 0 Å². The van der Waals surface area contributed by atoms with Crippen molar-refractivity contribution in [2.45, 2.75) is 77.6 Å². The average molecular weight is 742 g/mol. The molecule has 6 aromatic rings. The molecule has 0 atom stereocenters. The van der Waals surface area contributed by atoms with Gasteiger partial charge in [-0.15, -0.1) is 22.7 Å². The van der Waals surface area contributed by atoms with Gasteiger partial charge in [-0.25, -0.2) is 4.98 Å². The van der Waals surface area contributed by atoms with Crippen molar-refractivity contribution >= 4 is 88.1 Å². The van der Waals surface area contributed by atoms with Gasteiger partial charge in [0.1, 0.15) is 5.52 Å². The van der Waals surface area contributed by atoms with Crippen molar-refractivity contribution < 1.29 is 0 Å². The maximum atomic E-state index is 5.31. The summed E-state index contributed by atoms with van der Waals surface area (Å²) in [6, 6.07) is 20.0. The molecule has 1 N–H and O–H groups in total. The van der Waals surface area contributed by atoms with Gasteiger partial charge in [-0.3, -0.25) is 4.37 Å². The number of aromatic nitrogens is 3. The molecule has 0 bridgehead atoms. The molecule has 0 amide bonds. The van der Waals surface area contributed by atoms with Gasteiger partial charge >= 0.3 is 0 Å². The molecule has 218 valence electrons. The van der Waals surface area contributed by atoms with Crippen molar-refractivity contribution in [3.63, 3.8) is 0 Å². The molecule has 2 aromatic carbocycles. The molecule has 0 radical (unpaired) electrons. The lowest BCUT2D eigenvalue weighted by Gasteiger charge is -2.06. The molecule has 0 saturated carbocycles. The Kier molecular flexibility index (Phi) is 10.3. The summed E-state index contributed by atoms with van der Waals surface area (Å²) in [5.74, 6) is 0. The highest BCUT2D eigenvalue weighted by atomic mass is 79.9. The number of rotatable bonds is 14. The van der Waals surface area contributed by atoms with Gasteiger partial charge in [0.2, 0.25) is 0 Å². The lowest BCUT2D eigenvalue weighted by Crippen LogP contribution is -1.88. The summed E-state index contributed by atoms with van der Waals surface area (Å²) in [6.45, 7) is 2.29. The number of hydrogen-bond donors (Lipinski definition) is 1. The standard InChI is InChI=1S/C34H35Br2N3S3/c1-2-3-4-5-6-7-8-9-10-11-12-22-13-15-23(16-14-22)31-25-21-24(26-17-19-28(35)40-26)32-34(39-42-38-32)30(25)33(37-31)27-18-20-29(36)41-27/h13-21,39H,2-12H2,1H3. The van der Waals surface area contributed by atoms with Crippen molar-refractivity contribution in [3.8, 4) is 32.3 Å². The summed E-state index contributed by atoms with van der Waals surface area (Å²) in [7, 11) is 0. The molecule has 42 heavy (non-hydrogen) atoms. The van der Waals surface area contributed by atoms with Crippen LogP contribution in [0.1, 0.15) is 76.7 Å². The molecule has 6 rings (SSSR count). The predicted molar refractivity (Wildman–Crippen MR) is 192 cm³/mol. The van der Waals surface area contributed by atoms with Crippen LogP contribution in [0.15, 0.2) is 62.2 Å². The van der Waals surface area contributed by atoms with Gasteiger partial charge in [0.25, 0.3) is 0 Å². The second-order valence-corrected chi connectivity index (χ2v) is 16.5. The molecule has 0 aliphatic carbocycles. The summed E-state index contributed by atoms with van der Waals surface area (Å²) in [6.07, 6.45) is 14.9. The van der Waals surface area contributed by atoms with Crippen LogP contribution >= 0.6 is 66.3 Å². The van der Waals surface area contributed by atoms with Crippen LogP contribution in [0.5, 0.6) is 0 Å². The van der Waals surface area contributed by atoms with Crippen LogP contribution in [-0.2, 0) is 6.42 Å². The van der Waals surface area contributed by atoms with E-state index in [4.69, 9.17) is 9.36 Å². The van der Waals surface area contributed by atoms with E-state index in [0.717, 1.165) is 57.8 Å². The fraction of sp³-hybridized carbons (Fsp3) is 0.353. The highest BCUT2D eigenvalue weighted by Gasteiger charge is 2.23. The highest BCUT2D eigenvalue weighted by molar-refractivity contribution is 9.11. The van der Waals surface area contributed by atoms with E-state index in [9.17, 15) is 0 Å². The Morgan fingerprint density at radius 2 is 1.36 bits per heavy atom. The summed E-state index contributed by atoms with van der Waals surface area (Å²) in [5, 5.41) is 2.32. The Hall–Kier alpha value is -1.84. The molecule has 4 heterocycles. The number of aromatic amines is 1. The van der Waals surface area contributed by atoms with Crippen molar-refractivity contribution in [1.29, 1.82) is 0 Å². The Bertz CT molecular complexity index is 1760. The van der Waals surface area contributed by atoms with E-state index in [0.29, 0.717) is 0 Å². The van der Waals surface area contributed by atoms with Gasteiger partial charge < -0.3 is 0 Å². The van der Waals surface area contributed by atoms with E-state index in [2.05, 4.69) is 97.8 Å². The lowest BCUT2D eigenvalue weighted by molar-refractivity contribution is 0.556. The van der Waals surface area contributed by atoms with Crippen LogP contribution in [0, 0.1) is 0 Å². The van der Waals surface area contributed by atoms with E-state index in [1.165, 1.54) is 91.8 Å². The maximum absolute atomic E-state index is 5.31. The number of aryl methyl sites for hydroxylation is 1. The average Bonchev–Trinajstić information content (AvgIpc) is 3.80. The minimum Gasteiger partial charge on any atom is -0.293 e.